The van der Waals surface area contributed by atoms with Crippen molar-refractivity contribution in [1.82, 2.24) is 9.88 Å². The molecule has 0 fully saturated rings. The van der Waals surface area contributed by atoms with Crippen LogP contribution in [0.3, 0.4) is 0 Å². The van der Waals surface area contributed by atoms with E-state index in [1.165, 1.54) is 0 Å². The predicted molar refractivity (Wildman–Crippen MR) is 101 cm³/mol. The second-order valence-corrected chi connectivity index (χ2v) is 7.18. The maximum atomic E-state index is 12.4. The molecule has 2 N–H and O–H groups in total. The number of rotatable bonds is 9. The van der Waals surface area contributed by atoms with E-state index in [0.29, 0.717) is 18.6 Å². The second-order valence-electron chi connectivity index (χ2n) is 7.18. The van der Waals surface area contributed by atoms with Gasteiger partial charge in [-0.2, -0.15) is 0 Å². The van der Waals surface area contributed by atoms with E-state index in [-0.39, 0.29) is 11.9 Å². The summed E-state index contributed by atoms with van der Waals surface area (Å²) in [6, 6.07) is 5.62. The third-order valence-corrected chi connectivity index (χ3v) is 4.64. The molecule has 0 aliphatic rings. The lowest BCUT2D eigenvalue weighted by Gasteiger charge is -2.14. The van der Waals surface area contributed by atoms with Gasteiger partial charge in [0.25, 0.3) is 0 Å². The molecule has 0 saturated carbocycles. The van der Waals surface area contributed by atoms with Crippen LogP contribution >= 0.6 is 0 Å². The van der Waals surface area contributed by atoms with Crippen molar-refractivity contribution in [1.29, 1.82) is 0 Å². The number of aromatic nitrogens is 1. The summed E-state index contributed by atoms with van der Waals surface area (Å²) in [6.45, 7) is 4.33. The number of esters is 1. The second kappa shape index (κ2) is 8.85. The average molecular weight is 360 g/mol. The van der Waals surface area contributed by atoms with Crippen molar-refractivity contribution in [2.75, 3.05) is 20.6 Å². The molecule has 6 heteroatoms. The molecule has 0 saturated heterocycles. The van der Waals surface area contributed by atoms with Gasteiger partial charge in [0.2, 0.25) is 0 Å². The zero-order valence-electron chi connectivity index (χ0n) is 15.9. The molecule has 0 radical (unpaired) electrons. The Kier molecular flexibility index (Phi) is 6.80. The Morgan fingerprint density at radius 3 is 2.54 bits per heavy atom. The van der Waals surface area contributed by atoms with Crippen LogP contribution in [0.1, 0.15) is 32.3 Å². The number of carbonyl (C=O) groups is 2. The van der Waals surface area contributed by atoms with Gasteiger partial charge in [0.05, 0.1) is 11.8 Å². The zero-order chi connectivity index (χ0) is 19.3. The fraction of sp³-hybridized carbons (Fsp3) is 0.500. The number of benzene rings is 1. The molecular weight excluding hydrogens is 332 g/mol. The average Bonchev–Trinajstić information content (AvgIpc) is 3.01. The highest BCUT2D eigenvalue weighted by molar-refractivity contribution is 5.91. The van der Waals surface area contributed by atoms with Crippen molar-refractivity contribution in [3.63, 3.8) is 0 Å². The first-order valence-corrected chi connectivity index (χ1v) is 8.97. The highest BCUT2D eigenvalue weighted by Gasteiger charge is 2.20. The van der Waals surface area contributed by atoms with Gasteiger partial charge >= 0.3 is 11.9 Å². The van der Waals surface area contributed by atoms with Crippen molar-refractivity contribution in [2.45, 2.75) is 33.1 Å². The lowest BCUT2D eigenvalue weighted by atomic mass is 9.98. The Balaban J connectivity index is 2.10. The van der Waals surface area contributed by atoms with Crippen molar-refractivity contribution in [3.8, 4) is 5.75 Å². The monoisotopic (exact) mass is 360 g/mol. The van der Waals surface area contributed by atoms with Crippen molar-refractivity contribution in [3.05, 3.63) is 30.0 Å². The minimum atomic E-state index is -0.840. The number of fused-ring (bicyclic) bond motifs is 1. The number of hydrogen-bond donors (Lipinski definition) is 2. The van der Waals surface area contributed by atoms with Gasteiger partial charge in [0, 0.05) is 23.6 Å². The van der Waals surface area contributed by atoms with E-state index in [1.54, 1.807) is 19.9 Å². The lowest BCUT2D eigenvalue weighted by molar-refractivity contribution is -0.143. The molecule has 0 aliphatic heterocycles. The number of ether oxygens (including phenoxy) is 1. The first-order chi connectivity index (χ1) is 12.3. The first-order valence-electron chi connectivity index (χ1n) is 8.97. The summed E-state index contributed by atoms with van der Waals surface area (Å²) in [7, 11) is 4.05. The van der Waals surface area contributed by atoms with Crippen molar-refractivity contribution < 1.29 is 19.4 Å². The standard InChI is InChI=1S/C20H28N2O4/c1-13(19(23)24)8-9-14(2)20(25)26-17-7-5-6-16-18(17)15(12-21-16)10-11-22(3)4/h5-7,12-14,21H,8-11H2,1-4H3,(H,23,24). The van der Waals surface area contributed by atoms with Crippen LogP contribution in [-0.2, 0) is 16.0 Å². The SMILES string of the molecule is CC(CCC(C)C(=O)Oc1cccc2[nH]cc(CCN(C)C)c12)C(=O)O. The van der Waals surface area contributed by atoms with Crippen LogP contribution in [0, 0.1) is 11.8 Å². The van der Waals surface area contributed by atoms with Crippen molar-refractivity contribution in [2.24, 2.45) is 11.8 Å². The van der Waals surface area contributed by atoms with Crippen LogP contribution in [-0.4, -0.2) is 47.6 Å². The maximum absolute atomic E-state index is 12.4. The summed E-state index contributed by atoms with van der Waals surface area (Å²) in [6.07, 6.45) is 3.76. The van der Waals surface area contributed by atoms with Crippen LogP contribution in [0.15, 0.2) is 24.4 Å². The number of carboxylic acids is 1. The Labute approximate surface area is 154 Å². The minimum Gasteiger partial charge on any atom is -0.481 e. The Hall–Kier alpha value is -2.34. The number of carboxylic acid groups (broad SMARTS) is 1. The normalized spacial score (nSPS) is 13.7. The highest BCUT2D eigenvalue weighted by atomic mass is 16.5. The topological polar surface area (TPSA) is 82.6 Å². The summed E-state index contributed by atoms with van der Waals surface area (Å²) in [5.74, 6) is -1.42. The maximum Gasteiger partial charge on any atom is 0.314 e. The molecule has 0 bridgehead atoms. The molecular formula is C20H28N2O4. The number of nitrogens with one attached hydrogen (secondary N) is 1. The van der Waals surface area contributed by atoms with Gasteiger partial charge in [0.1, 0.15) is 5.75 Å². The zero-order valence-corrected chi connectivity index (χ0v) is 15.9. The predicted octanol–water partition coefficient (Wildman–Crippen LogP) is 3.31. The summed E-state index contributed by atoms with van der Waals surface area (Å²) in [5.41, 5.74) is 2.06. The van der Waals surface area contributed by atoms with Gasteiger partial charge in [0.15, 0.2) is 0 Å². The Morgan fingerprint density at radius 2 is 1.88 bits per heavy atom. The molecule has 2 aromatic rings. The molecule has 6 nitrogen and oxygen atoms in total. The number of hydrogen-bond acceptors (Lipinski definition) is 4. The van der Waals surface area contributed by atoms with Gasteiger partial charge in [-0.3, -0.25) is 9.59 Å². The summed E-state index contributed by atoms with van der Waals surface area (Å²) in [4.78, 5) is 28.7. The van der Waals surface area contributed by atoms with Gasteiger partial charge in [-0.25, -0.2) is 0 Å². The van der Waals surface area contributed by atoms with Crippen LogP contribution < -0.4 is 4.74 Å². The molecule has 2 atom stereocenters. The third-order valence-electron chi connectivity index (χ3n) is 4.64. The smallest absolute Gasteiger partial charge is 0.314 e. The number of H-pyrrole nitrogens is 1. The molecule has 1 aromatic heterocycles. The molecule has 2 rings (SSSR count). The van der Waals surface area contributed by atoms with E-state index in [0.717, 1.165) is 29.4 Å². The van der Waals surface area contributed by atoms with E-state index < -0.39 is 11.9 Å². The highest BCUT2D eigenvalue weighted by Crippen LogP contribution is 2.30. The fourth-order valence-corrected chi connectivity index (χ4v) is 2.80. The molecule has 0 amide bonds. The van der Waals surface area contributed by atoms with Gasteiger partial charge in [-0.05, 0) is 51.1 Å². The summed E-state index contributed by atoms with van der Waals surface area (Å²) >= 11 is 0. The Bertz CT molecular complexity index is 766. The van der Waals surface area contributed by atoms with Crippen molar-refractivity contribution >= 4 is 22.8 Å². The molecule has 0 aliphatic carbocycles. The number of aromatic amines is 1. The van der Waals surface area contributed by atoms with Gasteiger partial charge < -0.3 is 19.7 Å². The van der Waals surface area contributed by atoms with E-state index in [2.05, 4.69) is 9.88 Å². The molecule has 2 unspecified atom stereocenters. The van der Waals surface area contributed by atoms with Crippen LogP contribution in [0.25, 0.3) is 10.9 Å². The molecule has 1 aromatic carbocycles. The van der Waals surface area contributed by atoms with Crippen LogP contribution in [0.2, 0.25) is 0 Å². The van der Waals surface area contributed by atoms with Gasteiger partial charge in [-0.15, -0.1) is 0 Å². The minimum absolute atomic E-state index is 0.324. The number of aliphatic carboxylic acids is 1. The summed E-state index contributed by atoms with van der Waals surface area (Å²) in [5, 5.41) is 9.90. The quantitative estimate of drug-likeness (QED) is 0.529. The number of nitrogens with zero attached hydrogens (tertiary/aromatic N) is 1. The largest absolute Gasteiger partial charge is 0.481 e. The fourth-order valence-electron chi connectivity index (χ4n) is 2.80. The van der Waals surface area contributed by atoms with E-state index in [4.69, 9.17) is 9.84 Å². The molecule has 142 valence electrons. The van der Waals surface area contributed by atoms with Gasteiger partial charge in [-0.1, -0.05) is 19.9 Å². The Morgan fingerprint density at radius 1 is 1.19 bits per heavy atom. The third kappa shape index (κ3) is 5.08. The lowest BCUT2D eigenvalue weighted by Crippen LogP contribution is -2.20. The molecule has 26 heavy (non-hydrogen) atoms. The van der Waals surface area contributed by atoms with Crippen LogP contribution in [0.4, 0.5) is 0 Å². The van der Waals surface area contributed by atoms with Crippen LogP contribution in [0.5, 0.6) is 5.75 Å². The first kappa shape index (κ1) is 20.0. The summed E-state index contributed by atoms with van der Waals surface area (Å²) < 4.78 is 5.67. The van der Waals surface area contributed by atoms with E-state index in [1.807, 2.05) is 32.4 Å². The number of likely N-dealkylation sites (N-methyl/N-ethyl adjacent to an activating group) is 1. The van der Waals surface area contributed by atoms with E-state index >= 15 is 0 Å². The number of carbonyl (C=O) groups excluding carboxylic acids is 1. The molecule has 1 heterocycles. The molecule has 0 spiro atoms. The van der Waals surface area contributed by atoms with E-state index in [9.17, 15) is 9.59 Å².